The molecule has 0 unspecified atom stereocenters. The number of nitrogens with zero attached hydrogens (tertiary/aromatic N) is 5. The van der Waals surface area contributed by atoms with Crippen molar-refractivity contribution in [3.8, 4) is 0 Å². The van der Waals surface area contributed by atoms with E-state index in [-0.39, 0.29) is 17.9 Å². The van der Waals surface area contributed by atoms with E-state index in [9.17, 15) is 4.79 Å². The van der Waals surface area contributed by atoms with Crippen molar-refractivity contribution in [1.82, 2.24) is 29.2 Å². The number of imidazole rings is 2. The molecule has 0 aliphatic carbocycles. The maximum absolute atomic E-state index is 12.9. The fraction of sp³-hybridized carbons (Fsp3) is 0.389. The summed E-state index contributed by atoms with van der Waals surface area (Å²) in [5.74, 6) is 0.132. The first-order chi connectivity index (χ1) is 12.0. The Morgan fingerprint density at radius 1 is 1.24 bits per heavy atom. The molecule has 25 heavy (non-hydrogen) atoms. The zero-order chi connectivity index (χ0) is 17.6. The van der Waals surface area contributed by atoms with Crippen molar-refractivity contribution in [3.63, 3.8) is 0 Å². The van der Waals surface area contributed by atoms with E-state index in [1.165, 1.54) is 0 Å². The lowest BCUT2D eigenvalue weighted by Gasteiger charge is -2.20. The summed E-state index contributed by atoms with van der Waals surface area (Å²) in [6.07, 6.45) is 7.28. The molecule has 2 atom stereocenters. The summed E-state index contributed by atoms with van der Waals surface area (Å²) < 4.78 is 3.88. The molecule has 1 aliphatic heterocycles. The van der Waals surface area contributed by atoms with Crippen LogP contribution in [0, 0.1) is 6.92 Å². The van der Waals surface area contributed by atoms with E-state index in [0.717, 1.165) is 30.0 Å². The summed E-state index contributed by atoms with van der Waals surface area (Å²) in [4.78, 5) is 23.7. The van der Waals surface area contributed by atoms with E-state index in [1.807, 2.05) is 47.5 Å². The first-order valence-electron chi connectivity index (χ1n) is 8.42. The Balaban J connectivity index is 1.60. The molecule has 1 N–H and O–H groups in total. The Hall–Kier alpha value is -2.67. The average molecular weight is 338 g/mol. The molecule has 3 aromatic heterocycles. The SMILES string of the molecule is Cc1ccc2ncc(C(=O)N[C@@H]3CN(C)C[C@H]3c3cncn3C)n2c1. The minimum absolute atomic E-state index is 0.0447. The maximum atomic E-state index is 12.9. The van der Waals surface area contributed by atoms with E-state index < -0.39 is 0 Å². The predicted octanol–water partition coefficient (Wildman–Crippen LogP) is 1.20. The third-order valence-electron chi connectivity index (χ3n) is 4.94. The molecule has 1 aliphatic rings. The molecular weight excluding hydrogens is 316 g/mol. The lowest BCUT2D eigenvalue weighted by atomic mass is 10.00. The summed E-state index contributed by atoms with van der Waals surface area (Å²) in [5, 5.41) is 3.21. The predicted molar refractivity (Wildman–Crippen MR) is 94.6 cm³/mol. The molecule has 130 valence electrons. The number of fused-ring (bicyclic) bond motifs is 1. The van der Waals surface area contributed by atoms with Crippen LogP contribution in [0.15, 0.2) is 37.1 Å². The monoisotopic (exact) mass is 338 g/mol. The van der Waals surface area contributed by atoms with Gasteiger partial charge in [0.05, 0.1) is 18.6 Å². The lowest BCUT2D eigenvalue weighted by molar-refractivity contribution is 0.0929. The third-order valence-corrected chi connectivity index (χ3v) is 4.94. The molecule has 0 bridgehead atoms. The third kappa shape index (κ3) is 2.80. The van der Waals surface area contributed by atoms with Crippen molar-refractivity contribution in [2.75, 3.05) is 20.1 Å². The van der Waals surface area contributed by atoms with Crippen LogP contribution in [-0.2, 0) is 7.05 Å². The van der Waals surface area contributed by atoms with Gasteiger partial charge in [-0.3, -0.25) is 9.20 Å². The smallest absolute Gasteiger partial charge is 0.270 e. The number of carbonyl (C=O) groups excluding carboxylic acids is 1. The van der Waals surface area contributed by atoms with E-state index in [4.69, 9.17) is 0 Å². The number of amides is 1. The van der Waals surface area contributed by atoms with Gasteiger partial charge in [-0.05, 0) is 25.6 Å². The fourth-order valence-electron chi connectivity index (χ4n) is 3.67. The van der Waals surface area contributed by atoms with Crippen molar-refractivity contribution in [3.05, 3.63) is 54.0 Å². The number of hydrogen-bond acceptors (Lipinski definition) is 4. The number of likely N-dealkylation sites (N-methyl/N-ethyl adjacent to an activating group) is 1. The molecule has 3 aromatic rings. The van der Waals surface area contributed by atoms with Crippen LogP contribution in [0.3, 0.4) is 0 Å². The molecule has 1 amide bonds. The van der Waals surface area contributed by atoms with Crippen LogP contribution in [-0.4, -0.2) is 55.9 Å². The van der Waals surface area contributed by atoms with Gasteiger partial charge >= 0.3 is 0 Å². The Morgan fingerprint density at radius 2 is 2.08 bits per heavy atom. The molecule has 4 rings (SSSR count). The molecule has 7 nitrogen and oxygen atoms in total. The molecule has 4 heterocycles. The lowest BCUT2D eigenvalue weighted by Crippen LogP contribution is -2.40. The molecule has 0 aromatic carbocycles. The molecular formula is C18H22N6O. The van der Waals surface area contributed by atoms with Gasteiger partial charge in [0.25, 0.3) is 5.91 Å². The van der Waals surface area contributed by atoms with E-state index in [0.29, 0.717) is 5.69 Å². The molecule has 7 heteroatoms. The minimum Gasteiger partial charge on any atom is -0.346 e. The molecule has 0 radical (unpaired) electrons. The second kappa shape index (κ2) is 6.00. The van der Waals surface area contributed by atoms with Crippen molar-refractivity contribution in [2.45, 2.75) is 18.9 Å². The number of pyridine rings is 1. The van der Waals surface area contributed by atoms with E-state index >= 15 is 0 Å². The van der Waals surface area contributed by atoms with Gasteiger partial charge in [-0.25, -0.2) is 9.97 Å². The van der Waals surface area contributed by atoms with Crippen molar-refractivity contribution < 1.29 is 4.79 Å². The highest BCUT2D eigenvalue weighted by Crippen LogP contribution is 2.26. The molecule has 1 fully saturated rings. The van der Waals surface area contributed by atoms with E-state index in [2.05, 4.69) is 27.2 Å². The average Bonchev–Trinajstić information content (AvgIpc) is 3.25. The Morgan fingerprint density at radius 3 is 2.84 bits per heavy atom. The first-order valence-corrected chi connectivity index (χ1v) is 8.42. The Bertz CT molecular complexity index is 927. The largest absolute Gasteiger partial charge is 0.346 e. The van der Waals surface area contributed by atoms with Gasteiger partial charge in [0.15, 0.2) is 0 Å². The van der Waals surface area contributed by atoms with E-state index in [1.54, 1.807) is 12.5 Å². The van der Waals surface area contributed by atoms with Gasteiger partial charge < -0.3 is 14.8 Å². The molecule has 0 saturated carbocycles. The molecule has 0 spiro atoms. The summed E-state index contributed by atoms with van der Waals surface area (Å²) >= 11 is 0. The highest BCUT2D eigenvalue weighted by atomic mass is 16.2. The second-order valence-corrected chi connectivity index (χ2v) is 6.92. The number of nitrogens with one attached hydrogen (secondary N) is 1. The van der Waals surface area contributed by atoms with Gasteiger partial charge in [-0.1, -0.05) is 6.07 Å². The second-order valence-electron chi connectivity index (χ2n) is 6.92. The van der Waals surface area contributed by atoms with Crippen LogP contribution in [0.1, 0.15) is 27.7 Å². The van der Waals surface area contributed by atoms with Crippen LogP contribution in [0.4, 0.5) is 0 Å². The van der Waals surface area contributed by atoms with Crippen LogP contribution in [0.25, 0.3) is 5.65 Å². The van der Waals surface area contributed by atoms with Crippen molar-refractivity contribution in [2.24, 2.45) is 7.05 Å². The summed E-state index contributed by atoms with van der Waals surface area (Å²) in [5.41, 5.74) is 3.58. The van der Waals surface area contributed by atoms with Gasteiger partial charge in [-0.15, -0.1) is 0 Å². The Labute approximate surface area is 146 Å². The number of likely N-dealkylation sites (tertiary alicyclic amines) is 1. The van der Waals surface area contributed by atoms with Crippen LogP contribution >= 0.6 is 0 Å². The number of aryl methyl sites for hydroxylation is 2. The standard InChI is InChI=1S/C18H22N6O/c1-12-4-5-17-20-7-16(24(17)8-12)18(25)21-14-10-22(2)9-13(14)15-6-19-11-23(15)3/h4-8,11,13-14H,9-10H2,1-3H3,(H,21,25)/t13-,14-/m1/s1. The fourth-order valence-corrected chi connectivity index (χ4v) is 3.67. The number of hydrogen-bond donors (Lipinski definition) is 1. The van der Waals surface area contributed by atoms with Crippen LogP contribution in [0.5, 0.6) is 0 Å². The van der Waals surface area contributed by atoms with Gasteiger partial charge in [-0.2, -0.15) is 0 Å². The highest BCUT2D eigenvalue weighted by molar-refractivity contribution is 5.93. The van der Waals surface area contributed by atoms with Gasteiger partial charge in [0, 0.05) is 44.1 Å². The van der Waals surface area contributed by atoms with Gasteiger partial charge in [0.1, 0.15) is 11.3 Å². The quantitative estimate of drug-likeness (QED) is 0.779. The summed E-state index contributed by atoms with van der Waals surface area (Å²) in [7, 11) is 4.07. The van der Waals surface area contributed by atoms with Crippen LogP contribution in [0.2, 0.25) is 0 Å². The number of carbonyl (C=O) groups is 1. The maximum Gasteiger partial charge on any atom is 0.270 e. The van der Waals surface area contributed by atoms with Crippen LogP contribution < -0.4 is 5.32 Å². The molecule has 1 saturated heterocycles. The number of rotatable bonds is 3. The summed E-state index contributed by atoms with van der Waals surface area (Å²) in [6, 6.07) is 3.96. The Kier molecular flexibility index (Phi) is 3.80. The zero-order valence-corrected chi connectivity index (χ0v) is 14.7. The highest BCUT2D eigenvalue weighted by Gasteiger charge is 2.35. The van der Waals surface area contributed by atoms with Crippen molar-refractivity contribution >= 4 is 11.6 Å². The zero-order valence-electron chi connectivity index (χ0n) is 14.7. The summed E-state index contributed by atoms with van der Waals surface area (Å²) in [6.45, 7) is 3.72. The van der Waals surface area contributed by atoms with Crippen molar-refractivity contribution in [1.29, 1.82) is 0 Å². The minimum atomic E-state index is -0.0921. The number of aromatic nitrogens is 4. The normalized spacial score (nSPS) is 21.1. The van der Waals surface area contributed by atoms with Gasteiger partial charge in [0.2, 0.25) is 0 Å². The first kappa shape index (κ1) is 15.8. The topological polar surface area (TPSA) is 67.5 Å².